The molecule has 126 valence electrons. The van der Waals surface area contributed by atoms with Gasteiger partial charge >= 0.3 is 0 Å². The molecule has 2 aliphatic rings. The van der Waals surface area contributed by atoms with Gasteiger partial charge in [-0.25, -0.2) is 4.98 Å². The van der Waals surface area contributed by atoms with Crippen molar-refractivity contribution in [3.63, 3.8) is 0 Å². The lowest BCUT2D eigenvalue weighted by atomic mass is 9.76. The lowest BCUT2D eigenvalue weighted by Crippen LogP contribution is -2.43. The Morgan fingerprint density at radius 1 is 1.12 bits per heavy atom. The number of nitrogens with zero attached hydrogens (tertiary/aromatic N) is 2. The monoisotopic (exact) mass is 323 g/mol. The predicted octanol–water partition coefficient (Wildman–Crippen LogP) is 3.28. The minimum Gasteiger partial charge on any atom is -0.352 e. The van der Waals surface area contributed by atoms with Crippen molar-refractivity contribution in [3.8, 4) is 0 Å². The van der Waals surface area contributed by atoms with E-state index in [4.69, 9.17) is 0 Å². The standard InChI is InChI=1S/C20H25N3O/c1-14(2)17-13-21-18(19(24)22-17)23-9-7-20(8-10-23)11-15-5-3-4-6-16(15)12-20/h3-6,13-14H,7-12H2,1-2H3,(H,22,24). The Labute approximate surface area is 142 Å². The number of benzene rings is 1. The van der Waals surface area contributed by atoms with Gasteiger partial charge in [-0.05, 0) is 48.1 Å². The average molecular weight is 323 g/mol. The van der Waals surface area contributed by atoms with E-state index >= 15 is 0 Å². The van der Waals surface area contributed by atoms with E-state index in [-0.39, 0.29) is 5.56 Å². The maximum Gasteiger partial charge on any atom is 0.291 e. The molecule has 1 aliphatic carbocycles. The third kappa shape index (κ3) is 2.64. The number of nitrogens with one attached hydrogen (secondary N) is 1. The number of H-pyrrole nitrogens is 1. The highest BCUT2D eigenvalue weighted by Crippen LogP contribution is 2.44. The molecule has 0 amide bonds. The van der Waals surface area contributed by atoms with Crippen molar-refractivity contribution < 1.29 is 0 Å². The summed E-state index contributed by atoms with van der Waals surface area (Å²) in [5, 5.41) is 0. The number of aromatic amines is 1. The van der Waals surface area contributed by atoms with Crippen LogP contribution in [-0.2, 0) is 12.8 Å². The van der Waals surface area contributed by atoms with Gasteiger partial charge in [0, 0.05) is 25.0 Å². The van der Waals surface area contributed by atoms with Crippen LogP contribution in [0.3, 0.4) is 0 Å². The summed E-state index contributed by atoms with van der Waals surface area (Å²) in [5.74, 6) is 0.880. The fourth-order valence-corrected chi connectivity index (χ4v) is 4.25. The first kappa shape index (κ1) is 15.4. The summed E-state index contributed by atoms with van der Waals surface area (Å²) in [6, 6.07) is 8.83. The molecule has 0 unspecified atom stereocenters. The van der Waals surface area contributed by atoms with Crippen LogP contribution < -0.4 is 10.5 Å². The van der Waals surface area contributed by atoms with Gasteiger partial charge in [-0.1, -0.05) is 38.1 Å². The number of fused-ring (bicyclic) bond motifs is 1. The predicted molar refractivity (Wildman–Crippen MR) is 96.7 cm³/mol. The van der Waals surface area contributed by atoms with E-state index in [2.05, 4.69) is 53.0 Å². The second kappa shape index (κ2) is 5.76. The summed E-state index contributed by atoms with van der Waals surface area (Å²) in [4.78, 5) is 22.0. The van der Waals surface area contributed by atoms with Crippen molar-refractivity contribution in [2.45, 2.75) is 45.4 Å². The highest BCUT2D eigenvalue weighted by molar-refractivity contribution is 5.39. The quantitative estimate of drug-likeness (QED) is 0.923. The number of hydrogen-bond acceptors (Lipinski definition) is 3. The molecule has 0 radical (unpaired) electrons. The van der Waals surface area contributed by atoms with Gasteiger partial charge in [-0.15, -0.1) is 0 Å². The zero-order chi connectivity index (χ0) is 16.7. The Balaban J connectivity index is 1.49. The highest BCUT2D eigenvalue weighted by Gasteiger charge is 2.40. The van der Waals surface area contributed by atoms with Crippen LogP contribution in [0.1, 0.15) is 49.4 Å². The van der Waals surface area contributed by atoms with Crippen LogP contribution in [0.25, 0.3) is 0 Å². The first-order chi connectivity index (χ1) is 11.6. The van der Waals surface area contributed by atoms with Gasteiger partial charge in [0.15, 0.2) is 5.82 Å². The molecule has 1 aromatic heterocycles. The van der Waals surface area contributed by atoms with E-state index < -0.39 is 0 Å². The summed E-state index contributed by atoms with van der Waals surface area (Å²) >= 11 is 0. The van der Waals surface area contributed by atoms with Gasteiger partial charge in [0.2, 0.25) is 0 Å². The van der Waals surface area contributed by atoms with E-state index in [1.807, 2.05) is 6.20 Å². The molecular formula is C20H25N3O. The van der Waals surface area contributed by atoms with Crippen LogP contribution in [0.2, 0.25) is 0 Å². The molecule has 1 N–H and O–H groups in total. The highest BCUT2D eigenvalue weighted by atomic mass is 16.1. The summed E-state index contributed by atoms with van der Waals surface area (Å²) < 4.78 is 0. The van der Waals surface area contributed by atoms with Crippen molar-refractivity contribution in [3.05, 3.63) is 57.6 Å². The molecule has 1 aliphatic heterocycles. The summed E-state index contributed by atoms with van der Waals surface area (Å²) in [6.45, 7) is 5.97. The molecular weight excluding hydrogens is 298 g/mol. The average Bonchev–Trinajstić information content (AvgIpc) is 2.93. The molecule has 4 nitrogen and oxygen atoms in total. The summed E-state index contributed by atoms with van der Waals surface area (Å²) in [6.07, 6.45) is 6.46. The normalized spacial score (nSPS) is 19.0. The molecule has 1 saturated heterocycles. The first-order valence-electron chi connectivity index (χ1n) is 8.97. The maximum atomic E-state index is 12.4. The van der Waals surface area contributed by atoms with Crippen LogP contribution in [0.5, 0.6) is 0 Å². The van der Waals surface area contributed by atoms with Crippen LogP contribution in [0.4, 0.5) is 5.82 Å². The van der Waals surface area contributed by atoms with Crippen molar-refractivity contribution >= 4 is 5.82 Å². The minimum absolute atomic E-state index is 0.0492. The molecule has 0 saturated carbocycles. The van der Waals surface area contributed by atoms with Crippen LogP contribution in [0.15, 0.2) is 35.3 Å². The molecule has 1 fully saturated rings. The van der Waals surface area contributed by atoms with Crippen molar-refractivity contribution in [1.82, 2.24) is 9.97 Å². The number of hydrogen-bond donors (Lipinski definition) is 1. The van der Waals surface area contributed by atoms with Crippen molar-refractivity contribution in [1.29, 1.82) is 0 Å². The third-order valence-electron chi connectivity index (χ3n) is 5.78. The molecule has 0 bridgehead atoms. The Hall–Kier alpha value is -2.10. The molecule has 1 spiro atoms. The third-order valence-corrected chi connectivity index (χ3v) is 5.78. The number of aromatic nitrogens is 2. The smallest absolute Gasteiger partial charge is 0.291 e. The lowest BCUT2D eigenvalue weighted by Gasteiger charge is -2.39. The number of anilines is 1. The molecule has 1 aromatic carbocycles. The lowest BCUT2D eigenvalue weighted by molar-refractivity contribution is 0.232. The fraction of sp³-hybridized carbons (Fsp3) is 0.500. The van der Waals surface area contributed by atoms with Crippen LogP contribution >= 0.6 is 0 Å². The second-order valence-electron chi connectivity index (χ2n) is 7.76. The zero-order valence-electron chi connectivity index (χ0n) is 14.5. The largest absolute Gasteiger partial charge is 0.352 e. The SMILES string of the molecule is CC(C)c1cnc(N2CCC3(CC2)Cc2ccccc2C3)c(=O)[nH]1. The topological polar surface area (TPSA) is 49.0 Å². The van der Waals surface area contributed by atoms with Crippen molar-refractivity contribution in [2.24, 2.45) is 5.41 Å². The maximum absolute atomic E-state index is 12.4. The van der Waals surface area contributed by atoms with Gasteiger partial charge in [-0.2, -0.15) is 0 Å². The van der Waals surface area contributed by atoms with Gasteiger partial charge < -0.3 is 9.88 Å². The Bertz CT molecular complexity index is 774. The fourth-order valence-electron chi connectivity index (χ4n) is 4.25. The van der Waals surface area contributed by atoms with Gasteiger partial charge in [0.1, 0.15) is 0 Å². The summed E-state index contributed by atoms with van der Waals surface area (Å²) in [7, 11) is 0. The molecule has 4 heteroatoms. The Kier molecular flexibility index (Phi) is 3.70. The van der Waals surface area contributed by atoms with E-state index in [0.717, 1.165) is 31.6 Å². The van der Waals surface area contributed by atoms with E-state index in [0.29, 0.717) is 17.2 Å². The molecule has 24 heavy (non-hydrogen) atoms. The second-order valence-corrected chi connectivity index (χ2v) is 7.76. The van der Waals surface area contributed by atoms with Crippen LogP contribution in [-0.4, -0.2) is 23.1 Å². The Morgan fingerprint density at radius 2 is 1.75 bits per heavy atom. The Morgan fingerprint density at radius 3 is 2.29 bits per heavy atom. The van der Waals surface area contributed by atoms with Crippen LogP contribution in [0, 0.1) is 5.41 Å². The van der Waals surface area contributed by atoms with Gasteiger partial charge in [0.25, 0.3) is 5.56 Å². The number of piperidine rings is 1. The molecule has 2 aromatic rings. The summed E-state index contributed by atoms with van der Waals surface area (Å²) in [5.41, 5.74) is 4.28. The van der Waals surface area contributed by atoms with Crippen molar-refractivity contribution in [2.75, 3.05) is 18.0 Å². The van der Waals surface area contributed by atoms with E-state index in [1.165, 1.54) is 24.0 Å². The van der Waals surface area contributed by atoms with Gasteiger partial charge in [0.05, 0.1) is 0 Å². The first-order valence-corrected chi connectivity index (χ1v) is 8.97. The van der Waals surface area contributed by atoms with Gasteiger partial charge in [-0.3, -0.25) is 4.79 Å². The number of rotatable bonds is 2. The molecule has 4 rings (SSSR count). The molecule has 2 heterocycles. The molecule has 0 atom stereocenters. The zero-order valence-corrected chi connectivity index (χ0v) is 14.5. The minimum atomic E-state index is -0.0492. The van der Waals surface area contributed by atoms with E-state index in [9.17, 15) is 4.79 Å². The van der Waals surface area contributed by atoms with E-state index in [1.54, 1.807) is 0 Å².